The summed E-state index contributed by atoms with van der Waals surface area (Å²) in [6.45, 7) is 0. The van der Waals surface area contributed by atoms with Crippen LogP contribution in [0.3, 0.4) is 0 Å². The molecule has 0 fully saturated rings. The lowest BCUT2D eigenvalue weighted by molar-refractivity contribution is 0.623. The van der Waals surface area contributed by atoms with E-state index in [0.717, 1.165) is 6.20 Å². The minimum atomic E-state index is -0.531. The van der Waals surface area contributed by atoms with E-state index in [2.05, 4.69) is 20.3 Å². The number of anilines is 3. The monoisotopic (exact) mass is 355 g/mol. The van der Waals surface area contributed by atoms with Crippen molar-refractivity contribution in [2.24, 2.45) is 0 Å². The first-order valence-electron chi connectivity index (χ1n) is 7.29. The Morgan fingerprint density at radius 3 is 2.80 bits per heavy atom. The van der Waals surface area contributed by atoms with Gasteiger partial charge in [0.2, 0.25) is 0 Å². The van der Waals surface area contributed by atoms with E-state index in [4.69, 9.17) is 5.73 Å². The summed E-state index contributed by atoms with van der Waals surface area (Å²) in [4.78, 5) is 12.3. The van der Waals surface area contributed by atoms with Crippen LogP contribution in [-0.4, -0.2) is 15.0 Å². The van der Waals surface area contributed by atoms with Crippen molar-refractivity contribution in [3.05, 3.63) is 59.7 Å². The summed E-state index contributed by atoms with van der Waals surface area (Å²) >= 11 is 1.36. The zero-order valence-electron chi connectivity index (χ0n) is 12.7. The summed E-state index contributed by atoms with van der Waals surface area (Å²) < 4.78 is 28.0. The van der Waals surface area contributed by atoms with E-state index in [-0.39, 0.29) is 23.0 Å². The third-order valence-corrected chi connectivity index (χ3v) is 4.55. The number of benzene rings is 1. The van der Waals surface area contributed by atoms with E-state index >= 15 is 0 Å². The first kappa shape index (κ1) is 15.4. The summed E-state index contributed by atoms with van der Waals surface area (Å²) in [5.74, 6) is -0.451. The molecule has 0 aliphatic heterocycles. The van der Waals surface area contributed by atoms with Crippen molar-refractivity contribution in [3.63, 3.8) is 0 Å². The smallest absolute Gasteiger partial charge is 0.165 e. The number of pyridine rings is 1. The van der Waals surface area contributed by atoms with Gasteiger partial charge in [0.15, 0.2) is 11.6 Å². The minimum absolute atomic E-state index is 0.172. The second-order valence-corrected chi connectivity index (χ2v) is 6.13. The molecule has 0 amide bonds. The highest BCUT2D eigenvalue weighted by Crippen LogP contribution is 2.35. The lowest BCUT2D eigenvalue weighted by atomic mass is 10.2. The van der Waals surface area contributed by atoms with Crippen molar-refractivity contribution in [1.29, 1.82) is 0 Å². The number of hydrogen-bond donors (Lipinski definition) is 2. The van der Waals surface area contributed by atoms with Gasteiger partial charge < -0.3 is 11.1 Å². The highest BCUT2D eigenvalue weighted by atomic mass is 32.1. The Morgan fingerprint density at radius 2 is 2.00 bits per heavy atom. The number of fused-ring (bicyclic) bond motifs is 1. The molecule has 0 radical (unpaired) electrons. The molecule has 0 unspecified atom stereocenters. The van der Waals surface area contributed by atoms with Crippen LogP contribution in [0, 0.1) is 11.6 Å². The van der Waals surface area contributed by atoms with Crippen molar-refractivity contribution in [3.8, 4) is 11.4 Å². The zero-order chi connectivity index (χ0) is 17.4. The molecule has 3 N–H and O–H groups in total. The average Bonchev–Trinajstić information content (AvgIpc) is 2.99. The molecule has 0 saturated heterocycles. The second kappa shape index (κ2) is 6.06. The number of thiophene rings is 1. The van der Waals surface area contributed by atoms with Crippen LogP contribution in [0.5, 0.6) is 0 Å². The van der Waals surface area contributed by atoms with Gasteiger partial charge in [0.05, 0.1) is 22.1 Å². The van der Waals surface area contributed by atoms with Gasteiger partial charge in [-0.05, 0) is 24.3 Å². The maximum absolute atomic E-state index is 14.0. The number of nitrogens with one attached hydrogen (secondary N) is 1. The number of nitrogen functional groups attached to an aromatic ring is 1. The van der Waals surface area contributed by atoms with Crippen LogP contribution in [0.4, 0.5) is 26.0 Å². The molecule has 3 heterocycles. The van der Waals surface area contributed by atoms with Crippen LogP contribution < -0.4 is 11.1 Å². The Labute approximate surface area is 145 Å². The Balaban J connectivity index is 1.83. The Bertz CT molecular complexity index is 1080. The van der Waals surface area contributed by atoms with Crippen LogP contribution in [0.15, 0.2) is 48.1 Å². The number of nitrogens with two attached hydrogens (primary N) is 1. The number of nitrogens with zero attached hydrogens (tertiary/aromatic N) is 3. The molecule has 3 aromatic heterocycles. The number of halogens is 2. The average molecular weight is 355 g/mol. The highest BCUT2D eigenvalue weighted by molar-refractivity contribution is 7.18. The predicted octanol–water partition coefficient (Wildman–Crippen LogP) is 4.36. The van der Waals surface area contributed by atoms with Gasteiger partial charge in [0, 0.05) is 17.3 Å². The number of rotatable bonds is 3. The maximum Gasteiger partial charge on any atom is 0.165 e. The highest BCUT2D eigenvalue weighted by Gasteiger charge is 2.15. The largest absolute Gasteiger partial charge is 0.382 e. The Kier molecular flexibility index (Phi) is 3.73. The van der Waals surface area contributed by atoms with Crippen molar-refractivity contribution in [2.75, 3.05) is 11.1 Å². The fraction of sp³-hybridized carbons (Fsp3) is 0. The van der Waals surface area contributed by atoms with Crippen LogP contribution >= 0.6 is 11.3 Å². The zero-order valence-corrected chi connectivity index (χ0v) is 13.5. The Hall–Kier alpha value is -3.13. The third-order valence-electron chi connectivity index (χ3n) is 3.56. The molecule has 4 rings (SSSR count). The second-order valence-electron chi connectivity index (χ2n) is 5.25. The normalized spacial score (nSPS) is 11.0. The molecule has 0 atom stereocenters. The standard InChI is InChI=1S/C17H11F2N5S/c18-9-2-1-3-10(6-9)22-13-8-25-15-14(13)23-17(24-16(15)20)11-4-5-21-7-12(11)19/h1-8,22H,(H2,20,23,24). The van der Waals surface area contributed by atoms with Crippen LogP contribution in [0.2, 0.25) is 0 Å². The molecule has 0 saturated carbocycles. The van der Waals surface area contributed by atoms with Gasteiger partial charge in [-0.25, -0.2) is 18.7 Å². The van der Waals surface area contributed by atoms with E-state index in [1.807, 2.05) is 5.38 Å². The predicted molar refractivity (Wildman–Crippen MR) is 94.7 cm³/mol. The van der Waals surface area contributed by atoms with E-state index < -0.39 is 5.82 Å². The molecule has 25 heavy (non-hydrogen) atoms. The first-order chi connectivity index (χ1) is 12.1. The summed E-state index contributed by atoms with van der Waals surface area (Å²) in [6.07, 6.45) is 2.56. The maximum atomic E-state index is 14.0. The number of hydrogen-bond acceptors (Lipinski definition) is 6. The lowest BCUT2D eigenvalue weighted by Crippen LogP contribution is -1.99. The van der Waals surface area contributed by atoms with Gasteiger partial charge in [-0.15, -0.1) is 11.3 Å². The summed E-state index contributed by atoms with van der Waals surface area (Å²) in [6, 6.07) is 7.56. The number of aromatic nitrogens is 3. The van der Waals surface area contributed by atoms with Crippen LogP contribution in [0.25, 0.3) is 21.6 Å². The quantitative estimate of drug-likeness (QED) is 0.571. The van der Waals surface area contributed by atoms with Gasteiger partial charge in [-0.3, -0.25) is 4.98 Å². The first-order valence-corrected chi connectivity index (χ1v) is 8.17. The molecule has 0 spiro atoms. The van der Waals surface area contributed by atoms with E-state index in [0.29, 0.717) is 21.6 Å². The van der Waals surface area contributed by atoms with Crippen molar-refractivity contribution < 1.29 is 8.78 Å². The molecule has 0 aliphatic carbocycles. The molecule has 8 heteroatoms. The molecule has 124 valence electrons. The van der Waals surface area contributed by atoms with Gasteiger partial charge >= 0.3 is 0 Å². The molecule has 0 bridgehead atoms. The van der Waals surface area contributed by atoms with E-state index in [9.17, 15) is 8.78 Å². The summed E-state index contributed by atoms with van der Waals surface area (Å²) in [5.41, 5.74) is 8.00. The molecular formula is C17H11F2N5S. The topological polar surface area (TPSA) is 76.7 Å². The van der Waals surface area contributed by atoms with Gasteiger partial charge in [0.25, 0.3) is 0 Å². The molecular weight excluding hydrogens is 344 g/mol. The van der Waals surface area contributed by atoms with Gasteiger partial charge in [-0.1, -0.05) is 6.07 Å². The molecule has 1 aromatic carbocycles. The lowest BCUT2D eigenvalue weighted by Gasteiger charge is -2.07. The minimum Gasteiger partial charge on any atom is -0.382 e. The van der Waals surface area contributed by atoms with E-state index in [1.165, 1.54) is 35.7 Å². The van der Waals surface area contributed by atoms with Crippen LogP contribution in [0.1, 0.15) is 0 Å². The van der Waals surface area contributed by atoms with Crippen molar-refractivity contribution in [2.45, 2.75) is 0 Å². The fourth-order valence-corrected chi connectivity index (χ4v) is 3.27. The molecule has 4 aromatic rings. The molecule has 5 nitrogen and oxygen atoms in total. The molecule has 0 aliphatic rings. The summed E-state index contributed by atoms with van der Waals surface area (Å²) in [5, 5.41) is 4.92. The van der Waals surface area contributed by atoms with Crippen molar-refractivity contribution >= 4 is 38.7 Å². The SMILES string of the molecule is Nc1nc(-c2ccncc2F)nc2c(Nc3cccc(F)c3)csc12. The fourth-order valence-electron chi connectivity index (χ4n) is 2.43. The van der Waals surface area contributed by atoms with Gasteiger partial charge in [-0.2, -0.15) is 0 Å². The summed E-state index contributed by atoms with van der Waals surface area (Å²) in [7, 11) is 0. The van der Waals surface area contributed by atoms with Crippen LogP contribution in [-0.2, 0) is 0 Å². The van der Waals surface area contributed by atoms with E-state index in [1.54, 1.807) is 12.1 Å². The Morgan fingerprint density at radius 1 is 1.12 bits per heavy atom. The van der Waals surface area contributed by atoms with Gasteiger partial charge in [0.1, 0.15) is 17.2 Å². The van der Waals surface area contributed by atoms with Crippen molar-refractivity contribution in [1.82, 2.24) is 15.0 Å². The third kappa shape index (κ3) is 2.87.